The molecule has 0 unspecified atom stereocenters. The summed E-state index contributed by atoms with van der Waals surface area (Å²) in [5.41, 5.74) is 1.51. The summed E-state index contributed by atoms with van der Waals surface area (Å²) in [6.07, 6.45) is 1.71. The summed E-state index contributed by atoms with van der Waals surface area (Å²) in [4.78, 5) is 56.5. The number of aromatic nitrogens is 1. The van der Waals surface area contributed by atoms with Gasteiger partial charge in [0, 0.05) is 22.7 Å². The van der Waals surface area contributed by atoms with Crippen LogP contribution >= 0.6 is 0 Å². The molecule has 1 aliphatic rings. The Morgan fingerprint density at radius 2 is 1.67 bits per heavy atom. The van der Waals surface area contributed by atoms with Gasteiger partial charge in [0.2, 0.25) is 0 Å². The Morgan fingerprint density at radius 1 is 0.963 bits per heavy atom. The summed E-state index contributed by atoms with van der Waals surface area (Å²) in [5, 5.41) is 3.55. The maximum absolute atomic E-state index is 12.3. The number of carbonyl (C=O) groups is 4. The summed E-state index contributed by atoms with van der Waals surface area (Å²) in [5.74, 6) is -2.83. The third kappa shape index (κ3) is 2.82. The number of nitrogens with one attached hydrogen (secondary N) is 2. The average molecular weight is 363 g/mol. The van der Waals surface area contributed by atoms with Gasteiger partial charge in [0.25, 0.3) is 17.7 Å². The lowest BCUT2D eigenvalue weighted by Gasteiger charge is -2.13. The monoisotopic (exact) mass is 363 g/mol. The van der Waals surface area contributed by atoms with Crippen LogP contribution in [0.1, 0.15) is 31.1 Å². The minimum absolute atomic E-state index is 0.165. The van der Waals surface area contributed by atoms with Crippen LogP contribution < -0.4 is 5.32 Å². The number of rotatable bonds is 4. The summed E-state index contributed by atoms with van der Waals surface area (Å²) < 4.78 is 0. The number of aromatic amines is 1. The highest BCUT2D eigenvalue weighted by atomic mass is 16.7. The SMILES string of the molecule is O=C(CNC(=O)c1cccc2[nH]ccc12)ON1C(=O)c2ccccc2C1=O. The van der Waals surface area contributed by atoms with Gasteiger partial charge in [-0.25, -0.2) is 4.79 Å². The molecule has 27 heavy (non-hydrogen) atoms. The maximum Gasteiger partial charge on any atom is 0.352 e. The van der Waals surface area contributed by atoms with E-state index in [4.69, 9.17) is 4.84 Å². The zero-order chi connectivity index (χ0) is 19.0. The van der Waals surface area contributed by atoms with Crippen LogP contribution in [0.25, 0.3) is 10.9 Å². The maximum atomic E-state index is 12.3. The van der Waals surface area contributed by atoms with E-state index in [1.807, 2.05) is 6.07 Å². The first-order valence-corrected chi connectivity index (χ1v) is 8.09. The second kappa shape index (κ2) is 6.41. The predicted octanol–water partition coefficient (Wildman–Crippen LogP) is 1.65. The van der Waals surface area contributed by atoms with E-state index < -0.39 is 30.2 Å². The number of fused-ring (bicyclic) bond motifs is 2. The van der Waals surface area contributed by atoms with Crippen molar-refractivity contribution in [3.63, 3.8) is 0 Å². The largest absolute Gasteiger partial charge is 0.361 e. The van der Waals surface area contributed by atoms with E-state index in [2.05, 4.69) is 10.3 Å². The topological polar surface area (TPSA) is 109 Å². The molecule has 3 amide bonds. The quantitative estimate of drug-likeness (QED) is 0.685. The first kappa shape index (κ1) is 16.5. The molecule has 2 heterocycles. The summed E-state index contributed by atoms with van der Waals surface area (Å²) >= 11 is 0. The highest BCUT2D eigenvalue weighted by molar-refractivity contribution is 6.21. The van der Waals surface area contributed by atoms with Gasteiger partial charge in [0.1, 0.15) is 6.54 Å². The van der Waals surface area contributed by atoms with Crippen LogP contribution in [0.15, 0.2) is 54.7 Å². The van der Waals surface area contributed by atoms with Crippen molar-refractivity contribution in [3.8, 4) is 0 Å². The van der Waals surface area contributed by atoms with Gasteiger partial charge in [-0.15, -0.1) is 0 Å². The molecular weight excluding hydrogens is 350 g/mol. The molecule has 0 bridgehead atoms. The van der Waals surface area contributed by atoms with Gasteiger partial charge in [-0.05, 0) is 30.3 Å². The molecule has 0 fully saturated rings. The fourth-order valence-electron chi connectivity index (χ4n) is 2.92. The van der Waals surface area contributed by atoms with Crippen LogP contribution in [0.3, 0.4) is 0 Å². The van der Waals surface area contributed by atoms with Crippen molar-refractivity contribution in [1.82, 2.24) is 15.4 Å². The Morgan fingerprint density at radius 3 is 2.37 bits per heavy atom. The van der Waals surface area contributed by atoms with Gasteiger partial charge < -0.3 is 15.1 Å². The number of carbonyl (C=O) groups excluding carboxylic acids is 4. The Kier molecular flexibility index (Phi) is 3.92. The van der Waals surface area contributed by atoms with Crippen LogP contribution in [-0.2, 0) is 9.63 Å². The van der Waals surface area contributed by atoms with E-state index >= 15 is 0 Å². The number of amides is 3. The molecule has 8 nitrogen and oxygen atoms in total. The molecule has 1 aliphatic heterocycles. The highest BCUT2D eigenvalue weighted by Crippen LogP contribution is 2.22. The van der Waals surface area contributed by atoms with Crippen LogP contribution in [0.2, 0.25) is 0 Å². The van der Waals surface area contributed by atoms with Gasteiger partial charge in [-0.1, -0.05) is 23.3 Å². The minimum Gasteiger partial charge on any atom is -0.361 e. The van der Waals surface area contributed by atoms with Crippen LogP contribution in [0, 0.1) is 0 Å². The number of hydrogen-bond donors (Lipinski definition) is 2. The van der Waals surface area contributed by atoms with Crippen molar-refractivity contribution in [2.75, 3.05) is 6.54 Å². The molecule has 0 spiro atoms. The van der Waals surface area contributed by atoms with E-state index in [1.54, 1.807) is 36.5 Å². The molecule has 0 atom stereocenters. The third-order valence-electron chi connectivity index (χ3n) is 4.18. The first-order chi connectivity index (χ1) is 13.1. The number of benzene rings is 2. The molecule has 0 radical (unpaired) electrons. The molecule has 8 heteroatoms. The predicted molar refractivity (Wildman–Crippen MR) is 93.7 cm³/mol. The number of H-pyrrole nitrogens is 1. The van der Waals surface area contributed by atoms with Crippen LogP contribution in [0.5, 0.6) is 0 Å². The zero-order valence-corrected chi connectivity index (χ0v) is 13.9. The molecular formula is C19H13N3O5. The second-order valence-electron chi connectivity index (χ2n) is 5.84. The number of hydrogen-bond acceptors (Lipinski definition) is 5. The van der Waals surface area contributed by atoms with Crippen molar-refractivity contribution < 1.29 is 24.0 Å². The summed E-state index contributed by atoms with van der Waals surface area (Å²) in [6.45, 7) is -0.493. The fraction of sp³-hybridized carbons (Fsp3) is 0.0526. The Hall–Kier alpha value is -3.94. The smallest absolute Gasteiger partial charge is 0.352 e. The molecule has 0 saturated carbocycles. The molecule has 1 aromatic heterocycles. The third-order valence-corrected chi connectivity index (χ3v) is 4.18. The van der Waals surface area contributed by atoms with Crippen LogP contribution in [0.4, 0.5) is 0 Å². The zero-order valence-electron chi connectivity index (χ0n) is 13.9. The fourth-order valence-corrected chi connectivity index (χ4v) is 2.92. The molecule has 2 N–H and O–H groups in total. The Labute approximate surface area is 152 Å². The van der Waals surface area contributed by atoms with Gasteiger partial charge in [-0.2, -0.15) is 0 Å². The van der Waals surface area contributed by atoms with Gasteiger partial charge >= 0.3 is 5.97 Å². The molecule has 0 aliphatic carbocycles. The normalized spacial score (nSPS) is 13.0. The van der Waals surface area contributed by atoms with Crippen molar-refractivity contribution >= 4 is 34.6 Å². The van der Waals surface area contributed by atoms with E-state index in [9.17, 15) is 19.2 Å². The Balaban J connectivity index is 1.41. The number of nitrogens with zero attached hydrogens (tertiary/aromatic N) is 1. The lowest BCUT2D eigenvalue weighted by molar-refractivity contribution is -0.167. The van der Waals surface area contributed by atoms with E-state index in [-0.39, 0.29) is 11.1 Å². The van der Waals surface area contributed by atoms with Gasteiger partial charge in [0.05, 0.1) is 11.1 Å². The van der Waals surface area contributed by atoms with Crippen molar-refractivity contribution in [2.24, 2.45) is 0 Å². The standard InChI is InChI=1S/C19H13N3O5/c23-16(27-22-18(25)13-4-1-2-5-14(13)19(22)26)10-21-17(24)12-6-3-7-15-11(12)8-9-20-15/h1-9,20H,10H2,(H,21,24). The minimum atomic E-state index is -0.931. The number of hydroxylamine groups is 2. The molecule has 134 valence electrons. The van der Waals surface area contributed by atoms with Crippen LogP contribution in [-0.4, -0.2) is 40.3 Å². The van der Waals surface area contributed by atoms with E-state index in [0.717, 1.165) is 5.52 Å². The highest BCUT2D eigenvalue weighted by Gasteiger charge is 2.38. The van der Waals surface area contributed by atoms with Gasteiger partial charge in [0.15, 0.2) is 0 Å². The van der Waals surface area contributed by atoms with E-state index in [1.165, 1.54) is 12.1 Å². The first-order valence-electron chi connectivity index (χ1n) is 8.09. The molecule has 0 saturated heterocycles. The van der Waals surface area contributed by atoms with Crippen molar-refractivity contribution in [3.05, 3.63) is 71.4 Å². The molecule has 4 rings (SSSR count). The Bertz CT molecular complexity index is 1070. The van der Waals surface area contributed by atoms with Gasteiger partial charge in [-0.3, -0.25) is 14.4 Å². The molecule has 2 aromatic carbocycles. The summed E-state index contributed by atoms with van der Waals surface area (Å²) in [7, 11) is 0. The molecule has 3 aromatic rings. The average Bonchev–Trinajstić information content (AvgIpc) is 3.25. The van der Waals surface area contributed by atoms with E-state index in [0.29, 0.717) is 16.0 Å². The number of imide groups is 1. The second-order valence-corrected chi connectivity index (χ2v) is 5.84. The van der Waals surface area contributed by atoms with Crippen molar-refractivity contribution in [1.29, 1.82) is 0 Å². The summed E-state index contributed by atoms with van der Waals surface area (Å²) in [6, 6.07) is 13.1. The lowest BCUT2D eigenvalue weighted by atomic mass is 10.1. The van der Waals surface area contributed by atoms with Crippen molar-refractivity contribution in [2.45, 2.75) is 0 Å². The lowest BCUT2D eigenvalue weighted by Crippen LogP contribution is -2.38.